The molecule has 1 aromatic heterocycles. The van der Waals surface area contributed by atoms with Crippen molar-refractivity contribution in [3.8, 4) is 17.1 Å². The number of hydrogen-bond donors (Lipinski definition) is 1. The van der Waals surface area contributed by atoms with Crippen molar-refractivity contribution in [2.45, 2.75) is 38.8 Å². The molecule has 8 heteroatoms. The monoisotopic (exact) mass is 462 g/mol. The summed E-state index contributed by atoms with van der Waals surface area (Å²) >= 11 is 14.0. The predicted molar refractivity (Wildman–Crippen MR) is 125 cm³/mol. The van der Waals surface area contributed by atoms with E-state index in [2.05, 4.69) is 47.6 Å². The summed E-state index contributed by atoms with van der Waals surface area (Å²) in [5.41, 5.74) is 4.15. The highest BCUT2D eigenvalue weighted by atomic mass is 35.5. The number of nitrogens with zero attached hydrogens (tertiary/aromatic N) is 3. The molecule has 0 aliphatic rings. The van der Waals surface area contributed by atoms with E-state index in [1.54, 1.807) is 12.1 Å². The molecule has 0 saturated heterocycles. The minimum absolute atomic E-state index is 0.0392. The average Bonchev–Trinajstić information content (AvgIpc) is 3.14. The molecular weight excluding hydrogens is 439 g/mol. The molecule has 3 rings (SSSR count). The molecule has 0 saturated carbocycles. The van der Waals surface area contributed by atoms with Gasteiger partial charge in [-0.05, 0) is 49.1 Å². The second-order valence-corrected chi connectivity index (χ2v) is 8.43. The van der Waals surface area contributed by atoms with Gasteiger partial charge in [0.15, 0.2) is 11.0 Å². The van der Waals surface area contributed by atoms with Gasteiger partial charge < -0.3 is 5.32 Å². The van der Waals surface area contributed by atoms with Crippen LogP contribution in [0.3, 0.4) is 0 Å². The second-order valence-electron chi connectivity index (χ2n) is 6.64. The molecule has 0 fully saturated rings. The molecule has 1 heterocycles. The molecule has 1 amide bonds. The zero-order valence-electron chi connectivity index (χ0n) is 17.2. The summed E-state index contributed by atoms with van der Waals surface area (Å²) in [7, 11) is 0. The van der Waals surface area contributed by atoms with Crippen LogP contribution in [0.4, 0.5) is 0 Å². The maximum absolute atomic E-state index is 12.1. The fraction of sp³-hybridized carbons (Fsp3) is 0.318. The highest BCUT2D eigenvalue weighted by molar-refractivity contribution is 7.99. The third-order valence-corrected chi connectivity index (χ3v) is 6.18. The summed E-state index contributed by atoms with van der Waals surface area (Å²) < 4.78 is 2.02. The molecule has 0 spiro atoms. The van der Waals surface area contributed by atoms with Gasteiger partial charge in [0.1, 0.15) is 0 Å². The fourth-order valence-electron chi connectivity index (χ4n) is 3.29. The first-order chi connectivity index (χ1) is 14.5. The van der Waals surface area contributed by atoms with Crippen molar-refractivity contribution in [3.05, 3.63) is 57.6 Å². The van der Waals surface area contributed by atoms with Crippen LogP contribution in [-0.2, 0) is 17.6 Å². The van der Waals surface area contributed by atoms with Gasteiger partial charge >= 0.3 is 0 Å². The van der Waals surface area contributed by atoms with Crippen molar-refractivity contribution >= 4 is 40.9 Å². The molecule has 1 N–H and O–H groups in total. The Balaban J connectivity index is 2.20. The summed E-state index contributed by atoms with van der Waals surface area (Å²) in [5.74, 6) is 0.851. The number of thioether (sulfide) groups is 1. The molecule has 0 aliphatic carbocycles. The third-order valence-electron chi connectivity index (χ3n) is 4.70. The van der Waals surface area contributed by atoms with Crippen LogP contribution in [0.1, 0.15) is 31.9 Å². The van der Waals surface area contributed by atoms with Crippen LogP contribution in [0.25, 0.3) is 17.1 Å². The number of benzene rings is 2. The first-order valence-electron chi connectivity index (χ1n) is 9.91. The number of nitrogens with one attached hydrogen (secondary N) is 1. The lowest BCUT2D eigenvalue weighted by Crippen LogP contribution is -2.24. The Hall–Kier alpha value is -2.02. The highest BCUT2D eigenvalue weighted by Crippen LogP contribution is 2.35. The van der Waals surface area contributed by atoms with Crippen LogP contribution in [0.2, 0.25) is 10.0 Å². The van der Waals surface area contributed by atoms with Gasteiger partial charge in [0.05, 0.1) is 16.5 Å². The van der Waals surface area contributed by atoms with Crippen LogP contribution in [0.15, 0.2) is 41.6 Å². The Labute approximate surface area is 191 Å². The third kappa shape index (κ3) is 4.82. The summed E-state index contributed by atoms with van der Waals surface area (Å²) in [6, 6.07) is 11.6. The van der Waals surface area contributed by atoms with Crippen molar-refractivity contribution in [1.82, 2.24) is 20.1 Å². The molecule has 0 radical (unpaired) electrons. The molecule has 0 unspecified atom stereocenters. The van der Waals surface area contributed by atoms with E-state index >= 15 is 0 Å². The van der Waals surface area contributed by atoms with Gasteiger partial charge in [0, 0.05) is 17.1 Å². The molecule has 0 bridgehead atoms. The SMILES string of the molecule is CCNC(=O)CSc1nnc(-c2ccc(Cl)cc2Cl)n1-c1c(CC)cccc1CC. The first kappa shape index (κ1) is 22.7. The van der Waals surface area contributed by atoms with E-state index in [0.29, 0.717) is 27.6 Å². The summed E-state index contributed by atoms with van der Waals surface area (Å²) in [5, 5.41) is 13.4. The van der Waals surface area contributed by atoms with Crippen LogP contribution in [0, 0.1) is 0 Å². The van der Waals surface area contributed by atoms with E-state index in [0.717, 1.165) is 24.1 Å². The number of carbonyl (C=O) groups excluding carboxylic acids is 1. The predicted octanol–water partition coefficient (Wildman–Crippen LogP) is 5.59. The van der Waals surface area contributed by atoms with Gasteiger partial charge in [-0.1, -0.05) is 67.0 Å². The summed E-state index contributed by atoms with van der Waals surface area (Å²) in [6.07, 6.45) is 1.71. The zero-order valence-corrected chi connectivity index (χ0v) is 19.5. The average molecular weight is 463 g/mol. The van der Waals surface area contributed by atoms with Crippen molar-refractivity contribution in [2.75, 3.05) is 12.3 Å². The van der Waals surface area contributed by atoms with Gasteiger partial charge in [-0.3, -0.25) is 9.36 Å². The van der Waals surface area contributed by atoms with E-state index in [9.17, 15) is 4.79 Å². The molecular formula is C22H24Cl2N4OS. The molecule has 5 nitrogen and oxygen atoms in total. The van der Waals surface area contributed by atoms with Crippen LogP contribution in [0.5, 0.6) is 0 Å². The van der Waals surface area contributed by atoms with E-state index in [4.69, 9.17) is 23.2 Å². The van der Waals surface area contributed by atoms with E-state index in [1.807, 2.05) is 17.6 Å². The lowest BCUT2D eigenvalue weighted by atomic mass is 10.0. The second kappa shape index (κ2) is 10.3. The molecule has 158 valence electrons. The maximum Gasteiger partial charge on any atom is 0.230 e. The number of aromatic nitrogens is 3. The molecule has 3 aromatic rings. The molecule has 0 aliphatic heterocycles. The minimum atomic E-state index is -0.0392. The molecule has 0 atom stereocenters. The summed E-state index contributed by atoms with van der Waals surface area (Å²) in [6.45, 7) is 6.74. The maximum atomic E-state index is 12.1. The van der Waals surface area contributed by atoms with E-state index in [-0.39, 0.29) is 11.7 Å². The number of carbonyl (C=O) groups is 1. The topological polar surface area (TPSA) is 59.8 Å². The lowest BCUT2D eigenvalue weighted by molar-refractivity contribution is -0.118. The molecule has 30 heavy (non-hydrogen) atoms. The van der Waals surface area contributed by atoms with Crippen molar-refractivity contribution in [2.24, 2.45) is 0 Å². The van der Waals surface area contributed by atoms with Gasteiger partial charge in [-0.2, -0.15) is 0 Å². The van der Waals surface area contributed by atoms with Crippen molar-refractivity contribution in [1.29, 1.82) is 0 Å². The Morgan fingerprint density at radius 1 is 1.07 bits per heavy atom. The van der Waals surface area contributed by atoms with Crippen LogP contribution < -0.4 is 5.32 Å². The quantitative estimate of drug-likeness (QED) is 0.442. The van der Waals surface area contributed by atoms with E-state index in [1.165, 1.54) is 22.9 Å². The number of para-hydroxylation sites is 1. The number of aryl methyl sites for hydroxylation is 2. The number of halogens is 2. The normalized spacial score (nSPS) is 11.0. The highest BCUT2D eigenvalue weighted by Gasteiger charge is 2.22. The number of rotatable bonds is 8. The van der Waals surface area contributed by atoms with Crippen LogP contribution in [-0.4, -0.2) is 33.0 Å². The van der Waals surface area contributed by atoms with Gasteiger partial charge in [0.25, 0.3) is 0 Å². The minimum Gasteiger partial charge on any atom is -0.356 e. The number of amides is 1. The van der Waals surface area contributed by atoms with Gasteiger partial charge in [-0.25, -0.2) is 0 Å². The fourth-order valence-corrected chi connectivity index (χ4v) is 4.55. The number of hydrogen-bond acceptors (Lipinski definition) is 4. The Kier molecular flexibility index (Phi) is 7.81. The Morgan fingerprint density at radius 3 is 2.37 bits per heavy atom. The molecule has 2 aromatic carbocycles. The largest absolute Gasteiger partial charge is 0.356 e. The zero-order chi connectivity index (χ0) is 21.7. The van der Waals surface area contributed by atoms with Gasteiger partial charge in [-0.15, -0.1) is 10.2 Å². The van der Waals surface area contributed by atoms with Crippen molar-refractivity contribution < 1.29 is 4.79 Å². The standard InChI is InChI=1S/C22H24Cl2N4OS/c1-4-14-8-7-9-15(5-2)20(14)28-21(17-11-10-16(23)12-18(17)24)26-27-22(28)30-13-19(29)25-6-3/h7-12H,4-6,13H2,1-3H3,(H,25,29). The van der Waals surface area contributed by atoms with Gasteiger partial charge in [0.2, 0.25) is 5.91 Å². The Bertz CT molecular complexity index is 1030. The van der Waals surface area contributed by atoms with E-state index < -0.39 is 0 Å². The van der Waals surface area contributed by atoms with Crippen molar-refractivity contribution in [3.63, 3.8) is 0 Å². The van der Waals surface area contributed by atoms with Crippen LogP contribution >= 0.6 is 35.0 Å². The Morgan fingerprint density at radius 2 is 1.77 bits per heavy atom. The smallest absolute Gasteiger partial charge is 0.230 e. The first-order valence-corrected chi connectivity index (χ1v) is 11.7. The lowest BCUT2D eigenvalue weighted by Gasteiger charge is -2.18. The summed E-state index contributed by atoms with van der Waals surface area (Å²) in [4.78, 5) is 12.1.